The monoisotopic (exact) mass is 248 g/mol. The number of hydrogen-bond acceptors (Lipinski definition) is 2. The number of hydrogen-bond donors (Lipinski definition) is 0. The molecule has 0 bridgehead atoms. The summed E-state index contributed by atoms with van der Waals surface area (Å²) in [4.78, 5) is 12.6. The molecule has 0 aromatic rings. The Labute approximate surface area is 110 Å². The molecule has 1 spiro atoms. The van der Waals surface area contributed by atoms with Gasteiger partial charge < -0.3 is 4.74 Å². The molecular weight excluding hydrogens is 224 g/mol. The fraction of sp³-hybridized carbons (Fsp3) is 0.812. The molecule has 2 fully saturated rings. The van der Waals surface area contributed by atoms with Gasteiger partial charge >= 0.3 is 5.97 Å². The van der Waals surface area contributed by atoms with Gasteiger partial charge in [-0.15, -0.1) is 0 Å². The highest BCUT2D eigenvalue weighted by Crippen LogP contribution is 2.77. The molecule has 4 atom stereocenters. The average molecular weight is 248 g/mol. The van der Waals surface area contributed by atoms with Gasteiger partial charge in [0.05, 0.1) is 12.5 Å². The third kappa shape index (κ3) is 0.972. The van der Waals surface area contributed by atoms with Gasteiger partial charge in [0.15, 0.2) is 0 Å². The third-order valence-electron chi connectivity index (χ3n) is 6.58. The Hall–Kier alpha value is -0.790. The van der Waals surface area contributed by atoms with Crippen LogP contribution in [0.4, 0.5) is 0 Å². The van der Waals surface area contributed by atoms with Crippen LogP contribution in [0, 0.1) is 22.2 Å². The summed E-state index contributed by atoms with van der Waals surface area (Å²) in [5, 5.41) is 0. The first-order valence-electron chi connectivity index (χ1n) is 7.23. The van der Waals surface area contributed by atoms with Crippen LogP contribution in [0.2, 0.25) is 0 Å². The molecule has 3 rings (SSSR count). The number of allylic oxidation sites excluding steroid dienone is 1. The van der Waals surface area contributed by atoms with Crippen LogP contribution < -0.4 is 0 Å². The number of esters is 1. The van der Waals surface area contributed by atoms with Crippen LogP contribution in [-0.2, 0) is 9.53 Å². The fourth-order valence-electron chi connectivity index (χ4n) is 6.05. The predicted octanol–water partition coefficient (Wildman–Crippen LogP) is 3.71. The molecule has 3 aliphatic carbocycles. The zero-order chi connectivity index (χ0) is 13.2. The van der Waals surface area contributed by atoms with Crippen LogP contribution in [0.3, 0.4) is 0 Å². The average Bonchev–Trinajstić information content (AvgIpc) is 2.87. The largest absolute Gasteiger partial charge is 0.468 e. The normalized spacial score (nSPS) is 49.8. The van der Waals surface area contributed by atoms with E-state index >= 15 is 0 Å². The summed E-state index contributed by atoms with van der Waals surface area (Å²) < 4.78 is 5.23. The van der Waals surface area contributed by atoms with Gasteiger partial charge in [-0.3, -0.25) is 4.79 Å². The second kappa shape index (κ2) is 3.40. The molecule has 0 amide bonds. The molecule has 100 valence electrons. The van der Waals surface area contributed by atoms with Crippen molar-refractivity contribution in [3.63, 3.8) is 0 Å². The Kier molecular flexibility index (Phi) is 2.31. The zero-order valence-corrected chi connectivity index (χ0v) is 12.0. The number of ether oxygens (including phenoxy) is 1. The SMILES string of the molecule is COC(=O)C12CCC(C)C13CCCC3(C)C=C2C. The molecule has 2 nitrogen and oxygen atoms in total. The van der Waals surface area contributed by atoms with Crippen molar-refractivity contribution in [1.82, 2.24) is 0 Å². The Morgan fingerprint density at radius 2 is 2.11 bits per heavy atom. The fourth-order valence-corrected chi connectivity index (χ4v) is 6.05. The highest BCUT2D eigenvalue weighted by atomic mass is 16.5. The van der Waals surface area contributed by atoms with E-state index in [1.165, 1.54) is 24.8 Å². The Morgan fingerprint density at radius 3 is 2.78 bits per heavy atom. The minimum Gasteiger partial charge on any atom is -0.468 e. The van der Waals surface area contributed by atoms with Crippen molar-refractivity contribution in [1.29, 1.82) is 0 Å². The lowest BCUT2D eigenvalue weighted by molar-refractivity contribution is -0.160. The highest BCUT2D eigenvalue weighted by molar-refractivity contribution is 5.84. The van der Waals surface area contributed by atoms with Crippen molar-refractivity contribution in [2.45, 2.75) is 52.9 Å². The lowest BCUT2D eigenvalue weighted by Crippen LogP contribution is -2.49. The molecule has 3 aliphatic rings. The third-order valence-corrected chi connectivity index (χ3v) is 6.58. The van der Waals surface area contributed by atoms with Crippen LogP contribution in [0.1, 0.15) is 52.9 Å². The summed E-state index contributed by atoms with van der Waals surface area (Å²) in [6.07, 6.45) is 8.23. The van der Waals surface area contributed by atoms with Gasteiger partial charge in [0, 0.05) is 5.41 Å². The molecule has 0 aromatic heterocycles. The second-order valence-electron chi connectivity index (χ2n) is 6.91. The number of methoxy groups -OCH3 is 1. The number of rotatable bonds is 1. The van der Waals surface area contributed by atoms with E-state index in [1.54, 1.807) is 7.11 Å². The molecule has 0 aromatic carbocycles. The van der Waals surface area contributed by atoms with E-state index in [0.717, 1.165) is 12.8 Å². The van der Waals surface area contributed by atoms with E-state index in [-0.39, 0.29) is 22.2 Å². The van der Waals surface area contributed by atoms with Crippen molar-refractivity contribution in [3.8, 4) is 0 Å². The summed E-state index contributed by atoms with van der Waals surface area (Å²) in [5.41, 5.74) is 1.31. The smallest absolute Gasteiger partial charge is 0.316 e. The molecule has 0 saturated heterocycles. The summed E-state index contributed by atoms with van der Waals surface area (Å²) in [7, 11) is 1.55. The minimum absolute atomic E-state index is 0.0197. The maximum absolute atomic E-state index is 12.6. The van der Waals surface area contributed by atoms with Crippen LogP contribution >= 0.6 is 0 Å². The minimum atomic E-state index is -0.313. The highest BCUT2D eigenvalue weighted by Gasteiger charge is 2.74. The predicted molar refractivity (Wildman–Crippen MR) is 71.0 cm³/mol. The zero-order valence-electron chi connectivity index (χ0n) is 12.0. The molecule has 2 saturated carbocycles. The first-order valence-corrected chi connectivity index (χ1v) is 7.23. The number of carbonyl (C=O) groups is 1. The van der Waals surface area contributed by atoms with Crippen LogP contribution in [0.5, 0.6) is 0 Å². The first kappa shape index (κ1) is 12.3. The lowest BCUT2D eigenvalue weighted by Gasteiger charge is -2.47. The molecular formula is C16H24O2. The van der Waals surface area contributed by atoms with E-state index < -0.39 is 0 Å². The van der Waals surface area contributed by atoms with E-state index in [9.17, 15) is 4.79 Å². The summed E-state index contributed by atoms with van der Waals surface area (Å²) in [6.45, 7) is 6.87. The van der Waals surface area contributed by atoms with Gasteiger partial charge in [0.2, 0.25) is 0 Å². The van der Waals surface area contributed by atoms with Gasteiger partial charge in [-0.25, -0.2) is 0 Å². The quantitative estimate of drug-likeness (QED) is 0.522. The van der Waals surface area contributed by atoms with Crippen molar-refractivity contribution in [2.24, 2.45) is 22.2 Å². The van der Waals surface area contributed by atoms with Crippen LogP contribution in [0.25, 0.3) is 0 Å². The number of carbonyl (C=O) groups excluding carboxylic acids is 1. The lowest BCUT2D eigenvalue weighted by atomic mass is 9.55. The molecule has 4 unspecified atom stereocenters. The van der Waals surface area contributed by atoms with Gasteiger partial charge in [-0.2, -0.15) is 0 Å². The van der Waals surface area contributed by atoms with Gasteiger partial charge in [-0.1, -0.05) is 31.9 Å². The topological polar surface area (TPSA) is 26.3 Å². The van der Waals surface area contributed by atoms with Crippen molar-refractivity contribution in [3.05, 3.63) is 11.6 Å². The molecule has 0 radical (unpaired) electrons. The maximum atomic E-state index is 12.6. The molecule has 0 N–H and O–H groups in total. The molecule has 0 aliphatic heterocycles. The molecule has 0 heterocycles. The van der Waals surface area contributed by atoms with Crippen molar-refractivity contribution >= 4 is 5.97 Å². The Balaban J connectivity index is 2.24. The standard InChI is InChI=1S/C16H24O2/c1-11-6-9-15(13(17)18-4)12(2)10-14(3)7-5-8-16(11,14)15/h10-11H,5-9H2,1-4H3. The summed E-state index contributed by atoms with van der Waals surface area (Å²) in [5.74, 6) is 0.643. The Bertz CT molecular complexity index is 438. The summed E-state index contributed by atoms with van der Waals surface area (Å²) in [6, 6.07) is 0. The van der Waals surface area contributed by atoms with Crippen LogP contribution in [-0.4, -0.2) is 13.1 Å². The van der Waals surface area contributed by atoms with Crippen molar-refractivity contribution < 1.29 is 9.53 Å². The second-order valence-corrected chi connectivity index (χ2v) is 6.91. The van der Waals surface area contributed by atoms with Gasteiger partial charge in [0.1, 0.15) is 0 Å². The van der Waals surface area contributed by atoms with E-state index in [0.29, 0.717) is 5.92 Å². The first-order chi connectivity index (χ1) is 8.44. The van der Waals surface area contributed by atoms with E-state index in [1.807, 2.05) is 0 Å². The van der Waals surface area contributed by atoms with Crippen molar-refractivity contribution in [2.75, 3.05) is 7.11 Å². The van der Waals surface area contributed by atoms with Crippen LogP contribution in [0.15, 0.2) is 11.6 Å². The van der Waals surface area contributed by atoms with E-state index in [4.69, 9.17) is 4.74 Å². The van der Waals surface area contributed by atoms with Gasteiger partial charge in [-0.05, 0) is 43.9 Å². The Morgan fingerprint density at radius 1 is 1.39 bits per heavy atom. The maximum Gasteiger partial charge on any atom is 0.316 e. The molecule has 18 heavy (non-hydrogen) atoms. The molecule has 2 heteroatoms. The van der Waals surface area contributed by atoms with Gasteiger partial charge in [0.25, 0.3) is 0 Å². The summed E-state index contributed by atoms with van der Waals surface area (Å²) >= 11 is 0. The van der Waals surface area contributed by atoms with E-state index in [2.05, 4.69) is 26.8 Å².